The molecule has 134 valence electrons. The molecule has 5 nitrogen and oxygen atoms in total. The molecular formula is C17H32IN3O2. The Hall–Kier alpha value is -0.340. The number of rotatable bonds is 6. The summed E-state index contributed by atoms with van der Waals surface area (Å²) in [6.07, 6.45) is 10.5. The second kappa shape index (κ2) is 12.1. The Morgan fingerprint density at radius 3 is 2.74 bits per heavy atom. The van der Waals surface area contributed by atoms with E-state index in [2.05, 4.69) is 34.3 Å². The summed E-state index contributed by atoms with van der Waals surface area (Å²) in [5.41, 5.74) is 0. The third-order valence-electron chi connectivity index (χ3n) is 4.32. The molecule has 2 rings (SSSR count). The molecule has 0 radical (unpaired) electrons. The van der Waals surface area contributed by atoms with E-state index in [1.807, 2.05) is 7.05 Å². The lowest BCUT2D eigenvalue weighted by molar-refractivity contribution is -0.0367. The molecule has 23 heavy (non-hydrogen) atoms. The average Bonchev–Trinajstić information content (AvgIpc) is 3.07. The van der Waals surface area contributed by atoms with Crippen molar-refractivity contribution in [2.24, 2.45) is 4.99 Å². The first kappa shape index (κ1) is 20.7. The van der Waals surface area contributed by atoms with Crippen molar-refractivity contribution in [2.45, 2.75) is 51.2 Å². The first-order valence-electron chi connectivity index (χ1n) is 8.63. The molecule has 0 aliphatic carbocycles. The highest BCUT2D eigenvalue weighted by molar-refractivity contribution is 14.0. The van der Waals surface area contributed by atoms with Gasteiger partial charge in [0.15, 0.2) is 5.96 Å². The molecule has 2 fully saturated rings. The molecule has 0 saturated carbocycles. The summed E-state index contributed by atoms with van der Waals surface area (Å²) >= 11 is 0. The van der Waals surface area contributed by atoms with E-state index in [9.17, 15) is 0 Å². The minimum Gasteiger partial charge on any atom is -0.376 e. The first-order chi connectivity index (χ1) is 10.8. The summed E-state index contributed by atoms with van der Waals surface area (Å²) in [6.45, 7) is 6.68. The normalized spacial score (nSPS) is 23.3. The average molecular weight is 437 g/mol. The van der Waals surface area contributed by atoms with Gasteiger partial charge in [0, 0.05) is 33.3 Å². The lowest BCUT2D eigenvalue weighted by Crippen LogP contribution is -2.47. The molecule has 0 bridgehead atoms. The number of likely N-dealkylation sites (tertiary alicyclic amines) is 1. The zero-order chi connectivity index (χ0) is 15.6. The number of hydrogen-bond donors (Lipinski definition) is 1. The highest BCUT2D eigenvalue weighted by Gasteiger charge is 2.23. The van der Waals surface area contributed by atoms with Crippen LogP contribution >= 0.6 is 24.0 Å². The number of halogens is 1. The van der Waals surface area contributed by atoms with Crippen LogP contribution in [0, 0.1) is 0 Å². The van der Waals surface area contributed by atoms with Crippen LogP contribution in [-0.4, -0.2) is 63.0 Å². The van der Waals surface area contributed by atoms with Crippen molar-refractivity contribution in [3.8, 4) is 0 Å². The molecule has 0 amide bonds. The lowest BCUT2D eigenvalue weighted by atomic mass is 10.1. The van der Waals surface area contributed by atoms with Crippen LogP contribution in [0.2, 0.25) is 0 Å². The Morgan fingerprint density at radius 2 is 2.13 bits per heavy atom. The van der Waals surface area contributed by atoms with Gasteiger partial charge in [-0.1, -0.05) is 12.2 Å². The van der Waals surface area contributed by atoms with E-state index in [1.165, 1.54) is 6.42 Å². The third kappa shape index (κ3) is 7.39. The van der Waals surface area contributed by atoms with Crippen LogP contribution in [0.1, 0.15) is 39.0 Å². The number of ether oxygens (including phenoxy) is 2. The van der Waals surface area contributed by atoms with Crippen LogP contribution < -0.4 is 5.32 Å². The predicted octanol–water partition coefficient (Wildman–Crippen LogP) is 2.81. The lowest BCUT2D eigenvalue weighted by Gasteiger charge is -2.34. The summed E-state index contributed by atoms with van der Waals surface area (Å²) in [5.74, 6) is 1.02. The first-order valence-corrected chi connectivity index (χ1v) is 8.63. The van der Waals surface area contributed by atoms with E-state index in [-0.39, 0.29) is 24.0 Å². The third-order valence-corrected chi connectivity index (χ3v) is 4.32. The molecule has 1 atom stereocenters. The summed E-state index contributed by atoms with van der Waals surface area (Å²) in [6, 6.07) is 0. The van der Waals surface area contributed by atoms with Crippen molar-refractivity contribution in [2.75, 3.05) is 39.9 Å². The van der Waals surface area contributed by atoms with Gasteiger partial charge in [0.05, 0.1) is 18.8 Å². The topological polar surface area (TPSA) is 46.1 Å². The highest BCUT2D eigenvalue weighted by atomic mass is 127. The van der Waals surface area contributed by atoms with Gasteiger partial charge in [0.2, 0.25) is 0 Å². The maximum Gasteiger partial charge on any atom is 0.193 e. The predicted molar refractivity (Wildman–Crippen MR) is 106 cm³/mol. The van der Waals surface area contributed by atoms with E-state index in [0.29, 0.717) is 12.2 Å². The van der Waals surface area contributed by atoms with E-state index < -0.39 is 0 Å². The van der Waals surface area contributed by atoms with Crippen molar-refractivity contribution in [3.63, 3.8) is 0 Å². The van der Waals surface area contributed by atoms with Crippen LogP contribution in [0.5, 0.6) is 0 Å². The fraction of sp³-hybridized carbons (Fsp3) is 0.824. The van der Waals surface area contributed by atoms with Gasteiger partial charge >= 0.3 is 0 Å². The summed E-state index contributed by atoms with van der Waals surface area (Å²) < 4.78 is 11.6. The van der Waals surface area contributed by atoms with Crippen molar-refractivity contribution in [3.05, 3.63) is 12.2 Å². The molecule has 1 N–H and O–H groups in total. The minimum absolute atomic E-state index is 0. The Labute approximate surface area is 157 Å². The van der Waals surface area contributed by atoms with Gasteiger partial charge in [-0.05, 0) is 39.0 Å². The number of guanidine groups is 1. The molecule has 1 unspecified atom stereocenters. The van der Waals surface area contributed by atoms with Gasteiger partial charge in [0.25, 0.3) is 0 Å². The fourth-order valence-electron chi connectivity index (χ4n) is 3.02. The maximum atomic E-state index is 6.02. The van der Waals surface area contributed by atoms with Crippen molar-refractivity contribution < 1.29 is 9.47 Å². The zero-order valence-electron chi connectivity index (χ0n) is 14.5. The molecular weight excluding hydrogens is 405 g/mol. The Kier molecular flexibility index (Phi) is 10.9. The molecule has 2 aliphatic rings. The van der Waals surface area contributed by atoms with Crippen molar-refractivity contribution >= 4 is 29.9 Å². The van der Waals surface area contributed by atoms with Gasteiger partial charge in [-0.15, -0.1) is 24.0 Å². The minimum atomic E-state index is 0. The summed E-state index contributed by atoms with van der Waals surface area (Å²) in [7, 11) is 1.86. The molecule has 2 saturated heterocycles. The number of hydrogen-bond acceptors (Lipinski definition) is 3. The fourth-order valence-corrected chi connectivity index (χ4v) is 3.02. The number of piperidine rings is 1. The summed E-state index contributed by atoms with van der Waals surface area (Å²) in [4.78, 5) is 6.72. The van der Waals surface area contributed by atoms with E-state index >= 15 is 0 Å². The standard InChI is InChI=1S/C17H31N3O2.HI/c1-3-4-5-10-19-17(18-2)20-11-8-15(9-12-20)22-14-16-7-6-13-21-16;/h3-4,15-16H,5-14H2,1-2H3,(H,18,19);1H. The Bertz CT molecular complexity index is 363. The van der Waals surface area contributed by atoms with E-state index in [4.69, 9.17) is 9.47 Å². The number of nitrogens with one attached hydrogen (secondary N) is 1. The molecule has 0 aromatic heterocycles. The summed E-state index contributed by atoms with van der Waals surface area (Å²) in [5, 5.41) is 3.43. The van der Waals surface area contributed by atoms with E-state index in [1.54, 1.807) is 0 Å². The van der Waals surface area contributed by atoms with Crippen LogP contribution in [0.25, 0.3) is 0 Å². The number of allylic oxidation sites excluding steroid dienone is 1. The van der Waals surface area contributed by atoms with Crippen LogP contribution in [0.15, 0.2) is 17.1 Å². The second-order valence-corrected chi connectivity index (χ2v) is 5.99. The Balaban J connectivity index is 0.00000264. The number of nitrogens with zero attached hydrogens (tertiary/aromatic N) is 2. The van der Waals surface area contributed by atoms with Gasteiger partial charge in [-0.2, -0.15) is 0 Å². The largest absolute Gasteiger partial charge is 0.376 e. The monoisotopic (exact) mass is 437 g/mol. The smallest absolute Gasteiger partial charge is 0.193 e. The second-order valence-electron chi connectivity index (χ2n) is 5.99. The molecule has 0 spiro atoms. The highest BCUT2D eigenvalue weighted by Crippen LogP contribution is 2.17. The number of aliphatic imine (C=N–C) groups is 1. The quantitative estimate of drug-likeness (QED) is 0.228. The molecule has 6 heteroatoms. The van der Waals surface area contributed by atoms with Crippen LogP contribution in [-0.2, 0) is 9.47 Å². The van der Waals surface area contributed by atoms with Crippen molar-refractivity contribution in [1.29, 1.82) is 0 Å². The van der Waals surface area contributed by atoms with Crippen LogP contribution in [0.3, 0.4) is 0 Å². The molecule has 2 aliphatic heterocycles. The molecule has 0 aromatic rings. The van der Waals surface area contributed by atoms with Crippen molar-refractivity contribution in [1.82, 2.24) is 10.2 Å². The Morgan fingerprint density at radius 1 is 1.35 bits per heavy atom. The van der Waals surface area contributed by atoms with Gasteiger partial charge in [-0.3, -0.25) is 4.99 Å². The van der Waals surface area contributed by atoms with Gasteiger partial charge in [-0.25, -0.2) is 0 Å². The molecule has 0 aromatic carbocycles. The van der Waals surface area contributed by atoms with Gasteiger partial charge < -0.3 is 19.7 Å². The zero-order valence-corrected chi connectivity index (χ0v) is 16.8. The SMILES string of the molecule is CC=CCCNC(=NC)N1CCC(OCC2CCCO2)CC1.I. The molecule has 2 heterocycles. The van der Waals surface area contributed by atoms with Crippen LogP contribution in [0.4, 0.5) is 0 Å². The van der Waals surface area contributed by atoms with E-state index in [0.717, 1.165) is 64.5 Å². The maximum absolute atomic E-state index is 6.02. The van der Waals surface area contributed by atoms with Gasteiger partial charge in [0.1, 0.15) is 0 Å².